The second-order valence-electron chi connectivity index (χ2n) is 5.36. The highest BCUT2D eigenvalue weighted by molar-refractivity contribution is 5.27. The lowest BCUT2D eigenvalue weighted by Gasteiger charge is -2.18. The molecule has 0 aliphatic carbocycles. The normalized spacial score (nSPS) is 18.6. The number of aromatic nitrogens is 2. The molecular formula is C15H15F3N2O. The quantitative estimate of drug-likeness (QED) is 0.925. The van der Waals surface area contributed by atoms with Crippen molar-refractivity contribution in [3.63, 3.8) is 0 Å². The average molecular weight is 296 g/mol. The Morgan fingerprint density at radius 3 is 2.62 bits per heavy atom. The second-order valence-corrected chi connectivity index (χ2v) is 5.36. The lowest BCUT2D eigenvalue weighted by atomic mass is 10.1. The first-order valence-electron chi connectivity index (χ1n) is 6.81. The molecular weight excluding hydrogens is 281 g/mol. The second kappa shape index (κ2) is 5.18. The molecule has 0 fully saturated rings. The highest BCUT2D eigenvalue weighted by Crippen LogP contribution is 2.29. The van der Waals surface area contributed by atoms with Crippen LogP contribution in [0, 0.1) is 0 Å². The smallest absolute Gasteiger partial charge is 0.393 e. The van der Waals surface area contributed by atoms with Crippen molar-refractivity contribution in [2.24, 2.45) is 0 Å². The third kappa shape index (κ3) is 3.10. The number of hydrogen-bond donors (Lipinski definition) is 1. The lowest BCUT2D eigenvalue weighted by Crippen LogP contribution is -2.22. The summed E-state index contributed by atoms with van der Waals surface area (Å²) in [5.41, 5.74) is 0.969. The van der Waals surface area contributed by atoms with Gasteiger partial charge in [-0.3, -0.25) is 0 Å². The molecule has 0 bridgehead atoms. The molecule has 3 nitrogen and oxygen atoms in total. The number of aliphatic hydroxyl groups is 1. The van der Waals surface area contributed by atoms with Crippen LogP contribution >= 0.6 is 0 Å². The molecule has 3 rings (SSSR count). The van der Waals surface area contributed by atoms with Gasteiger partial charge in [0.25, 0.3) is 0 Å². The van der Waals surface area contributed by atoms with Crippen LogP contribution in [0.1, 0.15) is 29.1 Å². The van der Waals surface area contributed by atoms with Gasteiger partial charge in [0.1, 0.15) is 5.82 Å². The maximum atomic E-state index is 12.5. The van der Waals surface area contributed by atoms with Crippen molar-refractivity contribution in [1.29, 1.82) is 0 Å². The van der Waals surface area contributed by atoms with Gasteiger partial charge in [-0.15, -0.1) is 0 Å². The minimum Gasteiger partial charge on any atom is -0.393 e. The number of aryl methyl sites for hydroxylation is 1. The highest BCUT2D eigenvalue weighted by atomic mass is 19.4. The summed E-state index contributed by atoms with van der Waals surface area (Å²) >= 11 is 0. The van der Waals surface area contributed by atoms with Gasteiger partial charge < -0.3 is 9.67 Å². The number of fused-ring (bicyclic) bond motifs is 1. The minimum atomic E-state index is -4.30. The fourth-order valence-corrected chi connectivity index (χ4v) is 2.58. The van der Waals surface area contributed by atoms with E-state index >= 15 is 0 Å². The SMILES string of the molecule is OC1CCn2cc(Cc3ccc(C(F)(F)F)cc3)nc2C1. The number of hydrogen-bond acceptors (Lipinski definition) is 2. The minimum absolute atomic E-state index is 0.348. The number of halogens is 3. The van der Waals surface area contributed by atoms with Crippen LogP contribution in [0.4, 0.5) is 13.2 Å². The third-order valence-electron chi connectivity index (χ3n) is 3.70. The number of aliphatic hydroxyl groups excluding tert-OH is 1. The predicted molar refractivity (Wildman–Crippen MR) is 70.8 cm³/mol. The van der Waals surface area contributed by atoms with Gasteiger partial charge in [-0.2, -0.15) is 13.2 Å². The fraction of sp³-hybridized carbons (Fsp3) is 0.400. The van der Waals surface area contributed by atoms with E-state index in [1.165, 1.54) is 12.1 Å². The van der Waals surface area contributed by atoms with E-state index in [2.05, 4.69) is 4.98 Å². The zero-order valence-electron chi connectivity index (χ0n) is 11.3. The molecule has 1 aliphatic rings. The zero-order chi connectivity index (χ0) is 15.0. The van der Waals surface area contributed by atoms with Gasteiger partial charge in [0.15, 0.2) is 0 Å². The van der Waals surface area contributed by atoms with Gasteiger partial charge in [-0.1, -0.05) is 12.1 Å². The number of benzene rings is 1. The monoisotopic (exact) mass is 296 g/mol. The Morgan fingerprint density at radius 2 is 1.95 bits per heavy atom. The Morgan fingerprint density at radius 1 is 1.24 bits per heavy atom. The maximum absolute atomic E-state index is 12.5. The lowest BCUT2D eigenvalue weighted by molar-refractivity contribution is -0.137. The topological polar surface area (TPSA) is 38.0 Å². The average Bonchev–Trinajstić information content (AvgIpc) is 2.79. The van der Waals surface area contributed by atoms with E-state index in [0.717, 1.165) is 35.8 Å². The van der Waals surface area contributed by atoms with E-state index in [4.69, 9.17) is 0 Å². The molecule has 6 heteroatoms. The summed E-state index contributed by atoms with van der Waals surface area (Å²) in [6.45, 7) is 0.733. The molecule has 1 N–H and O–H groups in total. The molecule has 112 valence electrons. The van der Waals surface area contributed by atoms with Crippen LogP contribution in [0.3, 0.4) is 0 Å². The molecule has 1 aromatic heterocycles. The molecule has 2 heterocycles. The van der Waals surface area contributed by atoms with Crippen molar-refractivity contribution in [3.05, 3.63) is 53.1 Å². The van der Waals surface area contributed by atoms with Crippen molar-refractivity contribution in [3.8, 4) is 0 Å². The van der Waals surface area contributed by atoms with Crippen molar-refractivity contribution in [1.82, 2.24) is 9.55 Å². The molecule has 1 atom stereocenters. The van der Waals surface area contributed by atoms with Gasteiger partial charge in [0, 0.05) is 25.6 Å². The van der Waals surface area contributed by atoms with Crippen LogP contribution in [0.25, 0.3) is 0 Å². The predicted octanol–water partition coefficient (Wildman–Crippen LogP) is 2.80. The number of nitrogens with zero attached hydrogens (tertiary/aromatic N) is 2. The first-order chi connectivity index (χ1) is 9.91. The van der Waals surface area contributed by atoms with Crippen LogP contribution in [-0.4, -0.2) is 20.8 Å². The van der Waals surface area contributed by atoms with Crippen molar-refractivity contribution in [2.45, 2.75) is 38.1 Å². The van der Waals surface area contributed by atoms with Crippen molar-refractivity contribution >= 4 is 0 Å². The molecule has 21 heavy (non-hydrogen) atoms. The Kier molecular flexibility index (Phi) is 3.49. The standard InChI is InChI=1S/C15H15F3N2O/c16-15(17,18)11-3-1-10(2-4-11)7-12-9-20-6-5-13(21)8-14(20)19-12/h1-4,9,13,21H,5-8H2. The summed E-state index contributed by atoms with van der Waals surface area (Å²) in [6, 6.07) is 5.15. The van der Waals surface area contributed by atoms with Gasteiger partial charge in [-0.25, -0.2) is 4.98 Å². The van der Waals surface area contributed by atoms with E-state index in [9.17, 15) is 18.3 Å². The largest absolute Gasteiger partial charge is 0.416 e. The van der Waals surface area contributed by atoms with E-state index in [1.807, 2.05) is 10.8 Å². The first-order valence-corrected chi connectivity index (χ1v) is 6.81. The molecule has 2 aromatic rings. The molecule has 1 aromatic carbocycles. The van der Waals surface area contributed by atoms with Crippen LogP contribution < -0.4 is 0 Å². The highest BCUT2D eigenvalue weighted by Gasteiger charge is 2.30. The molecule has 1 unspecified atom stereocenters. The van der Waals surface area contributed by atoms with Gasteiger partial charge in [0.05, 0.1) is 17.4 Å². The number of rotatable bonds is 2. The molecule has 0 saturated heterocycles. The van der Waals surface area contributed by atoms with Crippen LogP contribution in [0.2, 0.25) is 0 Å². The Hall–Kier alpha value is -1.82. The van der Waals surface area contributed by atoms with E-state index in [1.54, 1.807) is 0 Å². The first kappa shape index (κ1) is 14.1. The molecule has 0 saturated carbocycles. The van der Waals surface area contributed by atoms with Crippen LogP contribution in [0.15, 0.2) is 30.5 Å². The van der Waals surface area contributed by atoms with E-state index < -0.39 is 11.7 Å². The summed E-state index contributed by atoms with van der Waals surface area (Å²) in [6.07, 6.45) is -0.996. The van der Waals surface area contributed by atoms with E-state index in [-0.39, 0.29) is 6.10 Å². The van der Waals surface area contributed by atoms with Crippen LogP contribution in [-0.2, 0) is 25.6 Å². The maximum Gasteiger partial charge on any atom is 0.416 e. The summed E-state index contributed by atoms with van der Waals surface area (Å²) in [5, 5.41) is 9.60. The summed E-state index contributed by atoms with van der Waals surface area (Å²) in [4.78, 5) is 4.45. The third-order valence-corrected chi connectivity index (χ3v) is 3.70. The fourth-order valence-electron chi connectivity index (χ4n) is 2.58. The molecule has 1 aliphatic heterocycles. The Bertz CT molecular complexity index is 631. The molecule has 0 amide bonds. The number of imidazole rings is 1. The molecule has 0 radical (unpaired) electrons. The summed E-state index contributed by atoms with van der Waals surface area (Å²) in [5.74, 6) is 0.843. The summed E-state index contributed by atoms with van der Waals surface area (Å²) in [7, 11) is 0. The van der Waals surface area contributed by atoms with Gasteiger partial charge >= 0.3 is 6.18 Å². The van der Waals surface area contributed by atoms with Crippen LogP contribution in [0.5, 0.6) is 0 Å². The zero-order valence-corrected chi connectivity index (χ0v) is 11.3. The van der Waals surface area contributed by atoms with Gasteiger partial charge in [-0.05, 0) is 24.1 Å². The number of alkyl halides is 3. The summed E-state index contributed by atoms with van der Waals surface area (Å²) < 4.78 is 39.5. The van der Waals surface area contributed by atoms with Crippen molar-refractivity contribution < 1.29 is 18.3 Å². The Balaban J connectivity index is 1.75. The van der Waals surface area contributed by atoms with Crippen molar-refractivity contribution in [2.75, 3.05) is 0 Å². The van der Waals surface area contributed by atoms with E-state index in [0.29, 0.717) is 19.3 Å². The van der Waals surface area contributed by atoms with Gasteiger partial charge in [0.2, 0.25) is 0 Å². The molecule has 0 spiro atoms. The Labute approximate surface area is 120 Å².